The Hall–Kier alpha value is -4.63. The minimum absolute atomic E-state index is 0.0129. The van der Waals surface area contributed by atoms with Crippen LogP contribution in [0.4, 0.5) is 0 Å². The first-order valence-corrected chi connectivity index (χ1v) is 19.7. The third-order valence-electron chi connectivity index (χ3n) is 6.88. The van der Waals surface area contributed by atoms with Crippen LogP contribution in [0.3, 0.4) is 0 Å². The van der Waals surface area contributed by atoms with Crippen molar-refractivity contribution in [2.75, 3.05) is 25.1 Å². The van der Waals surface area contributed by atoms with E-state index < -0.39 is 72.1 Å². The minimum Gasteiger partial charge on any atom is -0.480 e. The van der Waals surface area contributed by atoms with Gasteiger partial charge in [0.1, 0.15) is 36.3 Å². The van der Waals surface area contributed by atoms with Crippen molar-refractivity contribution in [2.24, 2.45) is 68.4 Å². The van der Waals surface area contributed by atoms with E-state index in [2.05, 4.69) is 15.0 Å². The van der Waals surface area contributed by atoms with Crippen LogP contribution < -0.4 is 51.6 Å². The van der Waals surface area contributed by atoms with E-state index in [9.17, 15) is 28.8 Å². The van der Waals surface area contributed by atoms with Gasteiger partial charge in [-0.25, -0.2) is 4.98 Å². The van der Waals surface area contributed by atoms with Gasteiger partial charge in [-0.1, -0.05) is 34.1 Å². The molecule has 0 bridgehead atoms. The van der Waals surface area contributed by atoms with Crippen LogP contribution in [0.1, 0.15) is 78.3 Å². The molecular formula is C34H72N12O12S. The zero-order chi connectivity index (χ0) is 47.3. The summed E-state index contributed by atoms with van der Waals surface area (Å²) in [5, 5.41) is 49.9. The van der Waals surface area contributed by atoms with Gasteiger partial charge in [0.05, 0.1) is 6.33 Å². The van der Waals surface area contributed by atoms with E-state index in [1.807, 2.05) is 20.1 Å². The molecule has 0 aliphatic carbocycles. The van der Waals surface area contributed by atoms with E-state index in [1.165, 1.54) is 6.33 Å². The number of carbonyl (C=O) groups is 6. The second-order valence-corrected chi connectivity index (χ2v) is 14.2. The van der Waals surface area contributed by atoms with Gasteiger partial charge in [0.15, 0.2) is 5.96 Å². The number of H-pyrrole nitrogens is 1. The van der Waals surface area contributed by atoms with Gasteiger partial charge in [-0.15, -0.1) is 0 Å². The Morgan fingerprint density at radius 2 is 1.12 bits per heavy atom. The van der Waals surface area contributed by atoms with Gasteiger partial charge in [-0.2, -0.15) is 11.8 Å². The summed E-state index contributed by atoms with van der Waals surface area (Å²) in [7, 11) is 0. The van der Waals surface area contributed by atoms with Crippen molar-refractivity contribution in [1.29, 1.82) is 0 Å². The number of aliphatic carboxylic acids is 6. The van der Waals surface area contributed by atoms with Crippen LogP contribution in [0.5, 0.6) is 0 Å². The summed E-state index contributed by atoms with van der Waals surface area (Å²) in [5.74, 6) is -4.49. The van der Waals surface area contributed by atoms with Crippen LogP contribution in [0.2, 0.25) is 0 Å². The van der Waals surface area contributed by atoms with Gasteiger partial charge in [0, 0.05) is 24.9 Å². The van der Waals surface area contributed by atoms with Crippen LogP contribution in [-0.2, 0) is 35.2 Å². The van der Waals surface area contributed by atoms with Crippen LogP contribution in [0.25, 0.3) is 0 Å². The second-order valence-electron chi connectivity index (χ2n) is 13.3. The maximum Gasteiger partial charge on any atom is 0.320 e. The predicted molar refractivity (Wildman–Crippen MR) is 226 cm³/mol. The van der Waals surface area contributed by atoms with Gasteiger partial charge < -0.3 is 87.2 Å². The Morgan fingerprint density at radius 1 is 0.678 bits per heavy atom. The summed E-state index contributed by atoms with van der Waals surface area (Å²) < 4.78 is 0. The number of aromatic nitrogens is 2. The number of nitrogens with two attached hydrogens (primary N) is 9. The zero-order valence-electron chi connectivity index (χ0n) is 34.7. The molecule has 0 saturated carbocycles. The monoisotopic (exact) mass is 873 g/mol. The number of carboxylic acids is 6. The molecule has 1 aromatic heterocycles. The number of nitrogens with zero attached hydrogens (tertiary/aromatic N) is 2. The molecule has 59 heavy (non-hydrogen) atoms. The molecule has 25 N–H and O–H groups in total. The molecule has 1 heterocycles. The first-order valence-electron chi connectivity index (χ1n) is 18.3. The molecule has 6 unspecified atom stereocenters. The third-order valence-corrected chi connectivity index (χ3v) is 7.52. The molecule has 6 atom stereocenters. The number of aromatic amines is 1. The number of thioether (sulfide) groups is 1. The highest BCUT2D eigenvalue weighted by atomic mass is 32.2. The molecule has 0 aliphatic heterocycles. The quantitative estimate of drug-likeness (QED) is 0.0340. The van der Waals surface area contributed by atoms with Crippen molar-refractivity contribution in [3.8, 4) is 0 Å². The molecule has 0 spiro atoms. The maximum atomic E-state index is 10.3. The minimum atomic E-state index is -1.00. The van der Waals surface area contributed by atoms with Crippen molar-refractivity contribution in [3.63, 3.8) is 0 Å². The average Bonchev–Trinajstić information content (AvgIpc) is 3.65. The molecule has 0 aromatic carbocycles. The van der Waals surface area contributed by atoms with E-state index in [1.54, 1.807) is 31.8 Å². The summed E-state index contributed by atoms with van der Waals surface area (Å²) in [6, 6.07) is -4.47. The highest BCUT2D eigenvalue weighted by molar-refractivity contribution is 7.98. The maximum absolute atomic E-state index is 10.3. The fourth-order valence-electron chi connectivity index (χ4n) is 3.26. The first kappa shape index (κ1) is 63.5. The molecule has 24 nitrogen and oxygen atoms in total. The number of hydrogen-bond acceptors (Lipinski definition) is 16. The Balaban J connectivity index is -0.000000199. The van der Waals surface area contributed by atoms with Crippen molar-refractivity contribution in [1.82, 2.24) is 9.97 Å². The largest absolute Gasteiger partial charge is 0.480 e. The van der Waals surface area contributed by atoms with Gasteiger partial charge >= 0.3 is 35.8 Å². The Morgan fingerprint density at radius 3 is 1.41 bits per heavy atom. The summed E-state index contributed by atoms with van der Waals surface area (Å²) in [6.45, 7) is 8.47. The number of hydrogen-bond donors (Lipinski definition) is 16. The number of nitrogens with one attached hydrogen (secondary N) is 1. The van der Waals surface area contributed by atoms with E-state index in [0.29, 0.717) is 51.1 Å². The number of aliphatic imine (C=N–C) groups is 1. The van der Waals surface area contributed by atoms with Crippen LogP contribution >= 0.6 is 11.8 Å². The molecular weight excluding hydrogens is 801 g/mol. The summed E-state index contributed by atoms with van der Waals surface area (Å²) in [6.07, 6.45) is 9.48. The zero-order valence-corrected chi connectivity index (χ0v) is 35.5. The molecule has 346 valence electrons. The number of imidazole rings is 1. The molecule has 0 aliphatic rings. The van der Waals surface area contributed by atoms with Crippen molar-refractivity contribution < 1.29 is 59.4 Å². The first-order chi connectivity index (χ1) is 27.2. The summed E-state index contributed by atoms with van der Waals surface area (Å²) in [4.78, 5) is 71.0. The number of carboxylic acid groups (broad SMARTS) is 6. The van der Waals surface area contributed by atoms with Crippen molar-refractivity contribution in [2.45, 2.75) is 115 Å². The second kappa shape index (κ2) is 40.2. The fourth-order valence-corrected chi connectivity index (χ4v) is 3.75. The standard InChI is InChI=1S/C6H14N4O2.C6H9N3O2.C6H14N2O2.C6H13NO2.C5H11NO2S.C5H11NO2/c7-4(5(11)12)2-1-3-10-6(8)9;7-5(6(10)11)1-4-2-8-3-9-4;7-4-2-1-3-5(8)6(9)10;1-4(2)3-5(7)6(8)9;1-9-3-2-4(6)5(7)8;1-3(2)4(6)5(7)8/h4H,1-3,7H2,(H,11,12)(H4,8,9,10);2-3,5H,1,7H2,(H,8,9)(H,10,11);5H,1-4,7-8H2,(H,9,10);4-5H,3,7H2,1-2H3,(H,8,9);4H,2-3,6H2,1H3,(H,7,8);3-4H,6H2,1-2H3,(H,7,8). The Bertz CT molecular complexity index is 1290. The van der Waals surface area contributed by atoms with E-state index in [4.69, 9.17) is 82.2 Å². The predicted octanol–water partition coefficient (Wildman–Crippen LogP) is -2.01. The van der Waals surface area contributed by atoms with Crippen molar-refractivity contribution in [3.05, 3.63) is 18.2 Å². The van der Waals surface area contributed by atoms with Crippen molar-refractivity contribution >= 4 is 53.5 Å². The lowest BCUT2D eigenvalue weighted by Gasteiger charge is -2.07. The smallest absolute Gasteiger partial charge is 0.320 e. The number of unbranched alkanes of at least 4 members (excludes halogenated alkanes) is 1. The van der Waals surface area contributed by atoms with Gasteiger partial charge in [0.2, 0.25) is 0 Å². The van der Waals surface area contributed by atoms with E-state index >= 15 is 0 Å². The van der Waals surface area contributed by atoms with E-state index in [-0.39, 0.29) is 18.3 Å². The van der Waals surface area contributed by atoms with Crippen LogP contribution in [-0.4, -0.2) is 144 Å². The van der Waals surface area contributed by atoms with Crippen LogP contribution in [0.15, 0.2) is 17.5 Å². The number of rotatable bonds is 22. The highest BCUT2D eigenvalue weighted by Crippen LogP contribution is 2.02. The van der Waals surface area contributed by atoms with Gasteiger partial charge in [-0.05, 0) is 68.9 Å². The molecule has 0 saturated heterocycles. The SMILES string of the molecule is CC(C)C(N)C(=O)O.CC(C)CC(N)C(=O)O.CSCCC(N)C(=O)O.NC(Cc1cnc[nH]1)C(=O)O.NC(N)=NCCCC(N)C(=O)O.NCCCCC(N)C(=O)O. The molecule has 25 heteroatoms. The molecule has 1 aromatic rings. The molecule has 0 fully saturated rings. The lowest BCUT2D eigenvalue weighted by atomic mass is 10.1. The highest BCUT2D eigenvalue weighted by Gasteiger charge is 2.15. The lowest BCUT2D eigenvalue weighted by molar-refractivity contribution is -0.140. The van der Waals surface area contributed by atoms with Gasteiger partial charge in [-0.3, -0.25) is 33.8 Å². The van der Waals surface area contributed by atoms with Gasteiger partial charge in [0.25, 0.3) is 0 Å². The van der Waals surface area contributed by atoms with E-state index in [0.717, 1.165) is 24.3 Å². The van der Waals surface area contributed by atoms with Crippen LogP contribution in [0, 0.1) is 11.8 Å². The topological polar surface area (TPSA) is 499 Å². The fraction of sp³-hybridized carbons (Fsp3) is 0.706. The Labute approximate surface area is 349 Å². The summed E-state index contributed by atoms with van der Waals surface area (Å²) >= 11 is 1.60. The molecule has 0 radical (unpaired) electrons. The normalized spacial score (nSPS) is 13.1. The average molecular weight is 873 g/mol. The molecule has 0 amide bonds. The lowest BCUT2D eigenvalue weighted by Crippen LogP contribution is -2.34. The number of guanidine groups is 1. The summed E-state index contributed by atoms with van der Waals surface area (Å²) in [5.41, 5.74) is 47.3. The third kappa shape index (κ3) is 47.6. The Kier molecular flexibility index (Phi) is 43.3. The molecule has 1 rings (SSSR count).